The Morgan fingerprint density at radius 3 is 2.38 bits per heavy atom. The summed E-state index contributed by atoms with van der Waals surface area (Å²) >= 11 is 0. The second-order valence-corrected chi connectivity index (χ2v) is 4.98. The Balaban J connectivity index is 2.48. The van der Waals surface area contributed by atoms with Crippen LogP contribution in [0, 0.1) is 13.8 Å². The van der Waals surface area contributed by atoms with Crippen molar-refractivity contribution in [3.8, 4) is 0 Å². The highest BCUT2D eigenvalue weighted by molar-refractivity contribution is 5.70. The van der Waals surface area contributed by atoms with Gasteiger partial charge in [0.05, 0.1) is 13.0 Å². The summed E-state index contributed by atoms with van der Waals surface area (Å²) in [5.74, 6) is -1.11. The van der Waals surface area contributed by atoms with Gasteiger partial charge in [0.1, 0.15) is 0 Å². The van der Waals surface area contributed by atoms with Crippen molar-refractivity contribution < 1.29 is 9.90 Å². The number of aliphatic carboxylic acids is 1. The molecule has 0 saturated carbocycles. The average Bonchev–Trinajstić information content (AvgIpc) is 2.41. The van der Waals surface area contributed by atoms with E-state index in [-0.39, 0.29) is 12.1 Å². The summed E-state index contributed by atoms with van der Waals surface area (Å²) in [6.07, 6.45) is -0.407. The first-order valence-corrected chi connectivity index (χ1v) is 6.48. The Bertz CT molecular complexity index is 785. The largest absolute Gasteiger partial charge is 0.481 e. The second-order valence-electron chi connectivity index (χ2n) is 4.98. The van der Waals surface area contributed by atoms with E-state index in [1.807, 2.05) is 31.2 Å². The number of aromatic nitrogens is 2. The molecule has 0 spiro atoms. The minimum absolute atomic E-state index is 0.106. The van der Waals surface area contributed by atoms with E-state index in [1.54, 1.807) is 0 Å². The van der Waals surface area contributed by atoms with Crippen LogP contribution in [-0.4, -0.2) is 20.6 Å². The monoisotopic (exact) mass is 288 g/mol. The van der Waals surface area contributed by atoms with E-state index < -0.39 is 23.6 Å². The van der Waals surface area contributed by atoms with E-state index in [0.717, 1.165) is 15.7 Å². The fourth-order valence-electron chi connectivity index (χ4n) is 2.10. The smallest absolute Gasteiger partial charge is 0.328 e. The third-order valence-corrected chi connectivity index (χ3v) is 3.28. The van der Waals surface area contributed by atoms with E-state index >= 15 is 0 Å². The first-order valence-electron chi connectivity index (χ1n) is 6.48. The van der Waals surface area contributed by atoms with Crippen LogP contribution in [0.5, 0.6) is 0 Å². The van der Waals surface area contributed by atoms with Gasteiger partial charge in [-0.05, 0) is 19.4 Å². The van der Waals surface area contributed by atoms with E-state index in [9.17, 15) is 14.4 Å². The number of aromatic amines is 1. The summed E-state index contributed by atoms with van der Waals surface area (Å²) in [7, 11) is 0. The molecular formula is C15H16N2O4. The Morgan fingerprint density at radius 2 is 1.81 bits per heavy atom. The van der Waals surface area contributed by atoms with E-state index in [2.05, 4.69) is 4.98 Å². The van der Waals surface area contributed by atoms with Crippen molar-refractivity contribution in [1.29, 1.82) is 0 Å². The predicted octanol–water partition coefficient (Wildman–Crippen LogP) is 0.829. The number of rotatable bonds is 4. The van der Waals surface area contributed by atoms with Gasteiger partial charge < -0.3 is 10.1 Å². The van der Waals surface area contributed by atoms with Crippen molar-refractivity contribution in [3.05, 3.63) is 67.5 Å². The average molecular weight is 288 g/mol. The molecule has 0 radical (unpaired) electrons. The molecule has 0 aliphatic carbocycles. The molecule has 0 atom stereocenters. The van der Waals surface area contributed by atoms with Crippen LogP contribution in [0.1, 0.15) is 22.4 Å². The highest BCUT2D eigenvalue weighted by atomic mass is 16.4. The van der Waals surface area contributed by atoms with Crippen LogP contribution in [0.2, 0.25) is 0 Å². The molecule has 1 aromatic carbocycles. The molecule has 21 heavy (non-hydrogen) atoms. The molecule has 1 aromatic heterocycles. The maximum atomic E-state index is 12.3. The number of aryl methyl sites for hydroxylation is 2. The number of hydrogen-bond acceptors (Lipinski definition) is 3. The molecule has 0 fully saturated rings. The highest BCUT2D eigenvalue weighted by Gasteiger charge is 2.14. The van der Waals surface area contributed by atoms with Crippen molar-refractivity contribution in [2.24, 2.45) is 0 Å². The van der Waals surface area contributed by atoms with Crippen LogP contribution in [0.4, 0.5) is 0 Å². The van der Waals surface area contributed by atoms with Gasteiger partial charge >= 0.3 is 11.7 Å². The second kappa shape index (κ2) is 5.78. The number of H-pyrrole nitrogens is 1. The molecule has 0 saturated heterocycles. The fraction of sp³-hybridized carbons (Fsp3) is 0.267. The van der Waals surface area contributed by atoms with E-state index in [4.69, 9.17) is 5.11 Å². The zero-order valence-electron chi connectivity index (χ0n) is 11.8. The number of carboxylic acids is 1. The van der Waals surface area contributed by atoms with E-state index in [0.29, 0.717) is 5.69 Å². The normalized spacial score (nSPS) is 10.6. The Hall–Kier alpha value is -2.63. The Kier molecular flexibility index (Phi) is 4.07. The minimum Gasteiger partial charge on any atom is -0.481 e. The number of nitrogens with zero attached hydrogens (tertiary/aromatic N) is 1. The first kappa shape index (κ1) is 14.8. The lowest BCUT2D eigenvalue weighted by Gasteiger charge is -2.09. The standard InChI is InChI=1S/C15H16N2O4/c1-9-3-5-11(6-4-9)8-17-14(20)12(7-13(18)19)10(2)16-15(17)21/h3-6H,7-8H2,1-2H3,(H,16,21)(H,18,19). The summed E-state index contributed by atoms with van der Waals surface area (Å²) in [5, 5.41) is 8.86. The van der Waals surface area contributed by atoms with Gasteiger partial charge in [-0.2, -0.15) is 0 Å². The SMILES string of the molecule is Cc1ccc(Cn2c(=O)[nH]c(C)c(CC(=O)O)c2=O)cc1. The van der Waals surface area contributed by atoms with Gasteiger partial charge in [-0.1, -0.05) is 29.8 Å². The molecule has 6 nitrogen and oxygen atoms in total. The number of nitrogens with one attached hydrogen (secondary N) is 1. The van der Waals surface area contributed by atoms with Crippen LogP contribution in [0.15, 0.2) is 33.9 Å². The molecule has 6 heteroatoms. The van der Waals surface area contributed by atoms with Crippen LogP contribution in [-0.2, 0) is 17.8 Å². The molecule has 0 aliphatic heterocycles. The quantitative estimate of drug-likeness (QED) is 0.871. The molecule has 0 unspecified atom stereocenters. The van der Waals surface area contributed by atoms with Crippen molar-refractivity contribution in [2.75, 3.05) is 0 Å². The van der Waals surface area contributed by atoms with Gasteiger partial charge in [-0.3, -0.25) is 14.2 Å². The summed E-state index contributed by atoms with van der Waals surface area (Å²) in [6.45, 7) is 3.58. The number of hydrogen-bond donors (Lipinski definition) is 2. The first-order chi connectivity index (χ1) is 9.88. The van der Waals surface area contributed by atoms with Gasteiger partial charge in [0, 0.05) is 11.3 Å². The molecule has 0 amide bonds. The number of carboxylic acid groups (broad SMARTS) is 1. The van der Waals surface area contributed by atoms with Gasteiger partial charge in [-0.25, -0.2) is 4.79 Å². The molecule has 2 aromatic rings. The minimum atomic E-state index is -1.11. The summed E-state index contributed by atoms with van der Waals surface area (Å²) in [4.78, 5) is 37.6. The van der Waals surface area contributed by atoms with Crippen LogP contribution in [0.3, 0.4) is 0 Å². The van der Waals surface area contributed by atoms with Gasteiger partial charge in [0.25, 0.3) is 5.56 Å². The predicted molar refractivity (Wildman–Crippen MR) is 77.7 cm³/mol. The van der Waals surface area contributed by atoms with Crippen molar-refractivity contribution in [1.82, 2.24) is 9.55 Å². The maximum Gasteiger partial charge on any atom is 0.328 e. The molecule has 0 aliphatic rings. The Labute approximate surface area is 120 Å². The lowest BCUT2D eigenvalue weighted by atomic mass is 10.1. The third-order valence-electron chi connectivity index (χ3n) is 3.28. The maximum absolute atomic E-state index is 12.3. The van der Waals surface area contributed by atoms with Crippen molar-refractivity contribution >= 4 is 5.97 Å². The van der Waals surface area contributed by atoms with Crippen LogP contribution in [0.25, 0.3) is 0 Å². The highest BCUT2D eigenvalue weighted by Crippen LogP contribution is 2.04. The summed E-state index contributed by atoms with van der Waals surface area (Å²) in [6, 6.07) is 7.44. The lowest BCUT2D eigenvalue weighted by Crippen LogP contribution is -2.39. The van der Waals surface area contributed by atoms with Crippen LogP contribution >= 0.6 is 0 Å². The zero-order chi connectivity index (χ0) is 15.6. The molecule has 2 rings (SSSR count). The molecular weight excluding hydrogens is 272 g/mol. The fourth-order valence-corrected chi connectivity index (χ4v) is 2.10. The van der Waals surface area contributed by atoms with Gasteiger partial charge in [0.15, 0.2) is 0 Å². The molecule has 110 valence electrons. The van der Waals surface area contributed by atoms with Crippen LogP contribution < -0.4 is 11.2 Å². The van der Waals surface area contributed by atoms with E-state index in [1.165, 1.54) is 6.92 Å². The Morgan fingerprint density at radius 1 is 1.19 bits per heavy atom. The lowest BCUT2D eigenvalue weighted by molar-refractivity contribution is -0.136. The molecule has 0 bridgehead atoms. The number of carbonyl (C=O) groups is 1. The molecule has 1 heterocycles. The van der Waals surface area contributed by atoms with Gasteiger partial charge in [-0.15, -0.1) is 0 Å². The molecule has 2 N–H and O–H groups in total. The summed E-state index contributed by atoms with van der Waals surface area (Å²) < 4.78 is 1.02. The third kappa shape index (κ3) is 3.28. The number of benzene rings is 1. The van der Waals surface area contributed by atoms with Gasteiger partial charge in [0.2, 0.25) is 0 Å². The zero-order valence-corrected chi connectivity index (χ0v) is 11.8. The topological polar surface area (TPSA) is 92.2 Å². The van der Waals surface area contributed by atoms with Crippen molar-refractivity contribution in [2.45, 2.75) is 26.8 Å². The van der Waals surface area contributed by atoms with Crippen molar-refractivity contribution in [3.63, 3.8) is 0 Å². The summed E-state index contributed by atoms with van der Waals surface area (Å²) in [5.41, 5.74) is 1.20.